The van der Waals surface area contributed by atoms with Crippen molar-refractivity contribution < 1.29 is 27.4 Å². The largest absolute Gasteiger partial charge is 0.573 e. The standard InChI is InChI=1S/C24H22F3N5O3S/c25-24(26,27)35-21-10-6-18(7-11-21)29-22(33)23-30-19(16-36-23)15-34-20-8-4-17(5-9-20)3-1-2-13-32-14-12-28-31-32/h4-12,14,16H,1-3,13,15H2,(H,29,33). The number of thiazole rings is 1. The Morgan fingerprint density at radius 1 is 1.03 bits per heavy atom. The van der Waals surface area contributed by atoms with Gasteiger partial charge < -0.3 is 14.8 Å². The third-order valence-corrected chi connectivity index (χ3v) is 5.87. The van der Waals surface area contributed by atoms with Gasteiger partial charge in [0.15, 0.2) is 5.01 Å². The first-order chi connectivity index (χ1) is 17.3. The molecule has 0 spiro atoms. The van der Waals surface area contributed by atoms with Crippen molar-refractivity contribution in [3.05, 3.63) is 82.6 Å². The molecule has 0 saturated heterocycles. The molecule has 0 aliphatic heterocycles. The molecule has 0 atom stereocenters. The van der Waals surface area contributed by atoms with Crippen LogP contribution in [0.3, 0.4) is 0 Å². The van der Waals surface area contributed by atoms with Crippen molar-refractivity contribution in [1.29, 1.82) is 0 Å². The molecule has 2 heterocycles. The first-order valence-electron chi connectivity index (χ1n) is 11.0. The molecule has 2 aromatic carbocycles. The van der Waals surface area contributed by atoms with Crippen LogP contribution in [0, 0.1) is 0 Å². The fraction of sp³-hybridized carbons (Fsp3) is 0.250. The zero-order chi connectivity index (χ0) is 25.4. The van der Waals surface area contributed by atoms with Gasteiger partial charge in [-0.2, -0.15) is 0 Å². The van der Waals surface area contributed by atoms with Crippen molar-refractivity contribution in [3.8, 4) is 11.5 Å². The fourth-order valence-electron chi connectivity index (χ4n) is 3.27. The molecule has 0 fully saturated rings. The Morgan fingerprint density at radius 3 is 2.47 bits per heavy atom. The number of carbonyl (C=O) groups excluding carboxylic acids is 1. The van der Waals surface area contributed by atoms with Crippen LogP contribution in [0.1, 0.15) is 33.9 Å². The van der Waals surface area contributed by atoms with Crippen LogP contribution in [-0.4, -0.2) is 32.2 Å². The zero-order valence-electron chi connectivity index (χ0n) is 18.9. The summed E-state index contributed by atoms with van der Waals surface area (Å²) in [6, 6.07) is 12.7. The molecule has 188 valence electrons. The van der Waals surface area contributed by atoms with Crippen LogP contribution >= 0.6 is 11.3 Å². The van der Waals surface area contributed by atoms with Gasteiger partial charge in [-0.3, -0.25) is 9.48 Å². The number of anilines is 1. The number of aryl methyl sites for hydroxylation is 2. The molecule has 4 rings (SSSR count). The highest BCUT2D eigenvalue weighted by molar-refractivity contribution is 7.11. The predicted molar refractivity (Wildman–Crippen MR) is 127 cm³/mol. The van der Waals surface area contributed by atoms with E-state index in [-0.39, 0.29) is 17.4 Å². The van der Waals surface area contributed by atoms with E-state index in [0.29, 0.717) is 17.1 Å². The Morgan fingerprint density at radius 2 is 1.78 bits per heavy atom. The highest BCUT2D eigenvalue weighted by atomic mass is 32.1. The summed E-state index contributed by atoms with van der Waals surface area (Å²) in [5.41, 5.74) is 2.13. The molecule has 0 saturated carbocycles. The average Bonchev–Trinajstić information content (AvgIpc) is 3.54. The lowest BCUT2D eigenvalue weighted by Crippen LogP contribution is -2.17. The number of rotatable bonds is 11. The van der Waals surface area contributed by atoms with Crippen molar-refractivity contribution in [2.75, 3.05) is 5.32 Å². The van der Waals surface area contributed by atoms with Crippen molar-refractivity contribution in [2.45, 2.75) is 38.8 Å². The second-order valence-electron chi connectivity index (χ2n) is 7.73. The van der Waals surface area contributed by atoms with Gasteiger partial charge in [0.1, 0.15) is 18.1 Å². The number of nitrogens with one attached hydrogen (secondary N) is 1. The normalized spacial score (nSPS) is 11.3. The molecule has 8 nitrogen and oxygen atoms in total. The van der Waals surface area contributed by atoms with E-state index in [1.165, 1.54) is 17.7 Å². The molecule has 36 heavy (non-hydrogen) atoms. The van der Waals surface area contributed by atoms with E-state index in [1.807, 2.05) is 35.1 Å². The summed E-state index contributed by atoms with van der Waals surface area (Å²) in [6.07, 6.45) is 1.75. The summed E-state index contributed by atoms with van der Waals surface area (Å²) in [5.74, 6) is -0.143. The second kappa shape index (κ2) is 11.7. The molecule has 0 unspecified atom stereocenters. The minimum absolute atomic E-state index is 0.199. The SMILES string of the molecule is O=C(Nc1ccc(OC(F)(F)F)cc1)c1nc(COc2ccc(CCCCn3ccnn3)cc2)cs1. The lowest BCUT2D eigenvalue weighted by atomic mass is 10.1. The van der Waals surface area contributed by atoms with Gasteiger partial charge in [-0.25, -0.2) is 4.98 Å². The number of halogens is 3. The summed E-state index contributed by atoms with van der Waals surface area (Å²) < 4.78 is 48.2. The van der Waals surface area contributed by atoms with E-state index in [9.17, 15) is 18.0 Å². The molecule has 4 aromatic rings. The lowest BCUT2D eigenvalue weighted by Gasteiger charge is -2.09. The number of ether oxygens (including phenoxy) is 2. The van der Waals surface area contributed by atoms with Gasteiger partial charge in [0, 0.05) is 23.8 Å². The van der Waals surface area contributed by atoms with Gasteiger partial charge in [-0.1, -0.05) is 17.3 Å². The summed E-state index contributed by atoms with van der Waals surface area (Å²) in [4.78, 5) is 16.7. The van der Waals surface area contributed by atoms with Crippen LogP contribution in [0.25, 0.3) is 0 Å². The highest BCUT2D eigenvalue weighted by Crippen LogP contribution is 2.24. The molecule has 0 radical (unpaired) electrons. The Bertz CT molecular complexity index is 1240. The molecular formula is C24H22F3N5O3S. The predicted octanol–water partition coefficient (Wildman–Crippen LogP) is 5.49. The minimum Gasteiger partial charge on any atom is -0.487 e. The van der Waals surface area contributed by atoms with Gasteiger partial charge in [0.25, 0.3) is 5.91 Å². The topological polar surface area (TPSA) is 91.2 Å². The van der Waals surface area contributed by atoms with Crippen LogP contribution in [0.15, 0.2) is 66.3 Å². The number of aromatic nitrogens is 4. The van der Waals surface area contributed by atoms with E-state index >= 15 is 0 Å². The fourth-order valence-corrected chi connectivity index (χ4v) is 3.96. The number of carbonyl (C=O) groups is 1. The number of nitrogens with zero attached hydrogens (tertiary/aromatic N) is 4. The molecule has 12 heteroatoms. The van der Waals surface area contributed by atoms with Gasteiger partial charge in [-0.05, 0) is 61.2 Å². The van der Waals surface area contributed by atoms with Crippen molar-refractivity contribution in [1.82, 2.24) is 20.0 Å². The molecule has 1 amide bonds. The Labute approximate surface area is 208 Å². The smallest absolute Gasteiger partial charge is 0.487 e. The third kappa shape index (κ3) is 7.80. The first-order valence-corrected chi connectivity index (χ1v) is 11.9. The van der Waals surface area contributed by atoms with E-state index in [0.717, 1.165) is 49.3 Å². The number of hydrogen-bond acceptors (Lipinski definition) is 7. The van der Waals surface area contributed by atoms with Crippen molar-refractivity contribution in [3.63, 3.8) is 0 Å². The number of benzene rings is 2. The maximum atomic E-state index is 12.4. The molecule has 0 aliphatic carbocycles. The van der Waals surface area contributed by atoms with E-state index in [1.54, 1.807) is 11.6 Å². The molecule has 0 aliphatic rings. The van der Waals surface area contributed by atoms with Gasteiger partial charge in [-0.15, -0.1) is 29.6 Å². The van der Waals surface area contributed by atoms with E-state index in [2.05, 4.69) is 25.3 Å². The Balaban J connectivity index is 1.20. The van der Waals surface area contributed by atoms with E-state index < -0.39 is 12.3 Å². The number of amides is 1. The van der Waals surface area contributed by atoms with Crippen LogP contribution in [0.4, 0.5) is 18.9 Å². The van der Waals surface area contributed by atoms with Crippen molar-refractivity contribution >= 4 is 22.9 Å². The molecule has 2 aromatic heterocycles. The Kier molecular flexibility index (Phi) is 8.16. The van der Waals surface area contributed by atoms with Crippen molar-refractivity contribution in [2.24, 2.45) is 0 Å². The second-order valence-corrected chi connectivity index (χ2v) is 8.58. The first kappa shape index (κ1) is 25.2. The van der Waals surface area contributed by atoms with Crippen LogP contribution in [-0.2, 0) is 19.6 Å². The summed E-state index contributed by atoms with van der Waals surface area (Å²) in [7, 11) is 0. The van der Waals surface area contributed by atoms with Crippen LogP contribution < -0.4 is 14.8 Å². The maximum absolute atomic E-state index is 12.4. The maximum Gasteiger partial charge on any atom is 0.573 e. The Hall–Kier alpha value is -3.93. The van der Waals surface area contributed by atoms with Crippen LogP contribution in [0.2, 0.25) is 0 Å². The lowest BCUT2D eigenvalue weighted by molar-refractivity contribution is -0.274. The molecule has 1 N–H and O–H groups in total. The summed E-state index contributed by atoms with van der Waals surface area (Å²) in [6.45, 7) is 1.04. The minimum atomic E-state index is -4.77. The monoisotopic (exact) mass is 517 g/mol. The number of alkyl halides is 3. The molecule has 0 bridgehead atoms. The third-order valence-electron chi connectivity index (χ3n) is 4.98. The zero-order valence-corrected chi connectivity index (χ0v) is 19.8. The van der Waals surface area contributed by atoms with Gasteiger partial charge in [0.05, 0.1) is 11.9 Å². The summed E-state index contributed by atoms with van der Waals surface area (Å²) in [5, 5.41) is 12.3. The number of unbranched alkanes of at least 4 members (excludes halogenated alkanes) is 1. The molecular weight excluding hydrogens is 495 g/mol. The highest BCUT2D eigenvalue weighted by Gasteiger charge is 2.31. The average molecular weight is 518 g/mol. The van der Waals surface area contributed by atoms with Gasteiger partial charge >= 0.3 is 6.36 Å². The van der Waals surface area contributed by atoms with E-state index in [4.69, 9.17) is 4.74 Å². The number of hydrogen-bond donors (Lipinski definition) is 1. The summed E-state index contributed by atoms with van der Waals surface area (Å²) >= 11 is 1.15. The quantitative estimate of drug-likeness (QED) is 0.265. The van der Waals surface area contributed by atoms with Crippen LogP contribution in [0.5, 0.6) is 11.5 Å². The van der Waals surface area contributed by atoms with Gasteiger partial charge in [0.2, 0.25) is 0 Å².